The zero-order chi connectivity index (χ0) is 16.8. The van der Waals surface area contributed by atoms with Gasteiger partial charge in [-0.3, -0.25) is 0 Å². The zero-order valence-electron chi connectivity index (χ0n) is 13.6. The summed E-state index contributed by atoms with van der Waals surface area (Å²) in [6.07, 6.45) is 0.485. The molecule has 0 unspecified atom stereocenters. The van der Waals surface area contributed by atoms with Crippen molar-refractivity contribution in [2.24, 2.45) is 0 Å². The van der Waals surface area contributed by atoms with Gasteiger partial charge in [0.1, 0.15) is 11.9 Å². The highest BCUT2D eigenvalue weighted by molar-refractivity contribution is 5.74. The molecule has 24 heavy (non-hydrogen) atoms. The second kappa shape index (κ2) is 8.32. The molecule has 2 aliphatic heterocycles. The number of nitrogens with one attached hydrogen (secondary N) is 1. The van der Waals surface area contributed by atoms with Crippen molar-refractivity contribution in [3.8, 4) is 5.75 Å². The van der Waals surface area contributed by atoms with Crippen molar-refractivity contribution in [2.45, 2.75) is 25.2 Å². The summed E-state index contributed by atoms with van der Waals surface area (Å²) in [7, 11) is 0. The predicted octanol–water partition coefficient (Wildman–Crippen LogP) is 0.757. The number of hydrogen-bond donors (Lipinski definition) is 2. The first-order valence-electron chi connectivity index (χ1n) is 8.33. The van der Waals surface area contributed by atoms with E-state index in [-0.39, 0.29) is 24.8 Å². The van der Waals surface area contributed by atoms with Crippen LogP contribution in [-0.4, -0.2) is 67.7 Å². The number of rotatable bonds is 4. The third kappa shape index (κ3) is 4.37. The number of morpholine rings is 1. The van der Waals surface area contributed by atoms with Crippen molar-refractivity contribution in [1.29, 1.82) is 0 Å². The molecule has 0 aromatic heterocycles. The van der Waals surface area contributed by atoms with E-state index in [0.717, 1.165) is 12.0 Å². The fourth-order valence-electron chi connectivity index (χ4n) is 2.86. The van der Waals surface area contributed by atoms with Crippen molar-refractivity contribution in [3.05, 3.63) is 29.8 Å². The van der Waals surface area contributed by atoms with Crippen molar-refractivity contribution in [3.63, 3.8) is 0 Å². The largest absolute Gasteiger partial charge is 0.486 e. The van der Waals surface area contributed by atoms with Gasteiger partial charge < -0.3 is 29.5 Å². The van der Waals surface area contributed by atoms with Crippen LogP contribution in [0, 0.1) is 0 Å². The van der Waals surface area contributed by atoms with E-state index in [4.69, 9.17) is 19.3 Å². The summed E-state index contributed by atoms with van der Waals surface area (Å²) in [6, 6.07) is 7.11. The molecule has 2 amide bonds. The third-order valence-corrected chi connectivity index (χ3v) is 4.30. The van der Waals surface area contributed by atoms with Crippen LogP contribution in [-0.2, 0) is 16.1 Å². The van der Waals surface area contributed by atoms with E-state index in [9.17, 15) is 4.79 Å². The molecule has 0 spiro atoms. The Kier molecular flexibility index (Phi) is 5.90. The maximum absolute atomic E-state index is 12.4. The predicted molar refractivity (Wildman–Crippen MR) is 86.9 cm³/mol. The van der Waals surface area contributed by atoms with E-state index in [1.54, 1.807) is 4.90 Å². The molecule has 2 fully saturated rings. The Morgan fingerprint density at radius 2 is 1.96 bits per heavy atom. The maximum atomic E-state index is 12.4. The van der Waals surface area contributed by atoms with E-state index in [2.05, 4.69) is 5.32 Å². The maximum Gasteiger partial charge on any atom is 0.317 e. The molecule has 0 radical (unpaired) electrons. The summed E-state index contributed by atoms with van der Waals surface area (Å²) in [4.78, 5) is 14.2. The molecule has 2 atom stereocenters. The first-order valence-corrected chi connectivity index (χ1v) is 8.33. The molecular weight excluding hydrogens is 312 g/mol. The molecule has 0 saturated carbocycles. The summed E-state index contributed by atoms with van der Waals surface area (Å²) in [6.45, 7) is 3.45. The molecule has 3 rings (SSSR count). The van der Waals surface area contributed by atoms with Gasteiger partial charge in [0.15, 0.2) is 0 Å². The number of carbonyl (C=O) groups excluding carboxylic acids is 1. The minimum atomic E-state index is -0.233. The molecule has 0 aliphatic carbocycles. The first kappa shape index (κ1) is 17.0. The Morgan fingerprint density at radius 3 is 2.67 bits per heavy atom. The second-order valence-corrected chi connectivity index (χ2v) is 5.98. The molecule has 2 N–H and O–H groups in total. The fourth-order valence-corrected chi connectivity index (χ4v) is 2.86. The van der Waals surface area contributed by atoms with Crippen molar-refractivity contribution < 1.29 is 24.1 Å². The molecule has 1 aromatic rings. The smallest absolute Gasteiger partial charge is 0.317 e. The van der Waals surface area contributed by atoms with Gasteiger partial charge in [-0.05, 0) is 24.1 Å². The van der Waals surface area contributed by atoms with Gasteiger partial charge >= 0.3 is 6.03 Å². The van der Waals surface area contributed by atoms with Crippen LogP contribution in [0.25, 0.3) is 0 Å². The van der Waals surface area contributed by atoms with E-state index >= 15 is 0 Å². The number of urea groups is 1. The second-order valence-electron chi connectivity index (χ2n) is 5.98. The van der Waals surface area contributed by atoms with Gasteiger partial charge in [-0.15, -0.1) is 0 Å². The van der Waals surface area contributed by atoms with Crippen LogP contribution < -0.4 is 10.1 Å². The zero-order valence-corrected chi connectivity index (χ0v) is 13.6. The van der Waals surface area contributed by atoms with Gasteiger partial charge in [-0.1, -0.05) is 12.1 Å². The highest BCUT2D eigenvalue weighted by Crippen LogP contribution is 2.19. The minimum absolute atomic E-state index is 0.00501. The third-order valence-electron chi connectivity index (χ3n) is 4.30. The standard InChI is InChI=1S/C17H24N2O5/c20-11-13-1-3-14(4-2-13)24-16-12-23-8-5-15(16)18-17(21)19-6-9-22-10-7-19/h1-4,15-16,20H,5-12H2,(H,18,21)/t15-,16-/m1/s1. The number of ether oxygens (including phenoxy) is 3. The Morgan fingerprint density at radius 1 is 1.21 bits per heavy atom. The van der Waals surface area contributed by atoms with Crippen LogP contribution in [0.3, 0.4) is 0 Å². The minimum Gasteiger partial charge on any atom is -0.486 e. The van der Waals surface area contributed by atoms with Crippen LogP contribution in [0.2, 0.25) is 0 Å². The SMILES string of the molecule is O=C(N[C@@H]1CCOC[C@H]1Oc1ccc(CO)cc1)N1CCOCC1. The van der Waals surface area contributed by atoms with E-state index < -0.39 is 0 Å². The van der Waals surface area contributed by atoms with E-state index in [1.807, 2.05) is 24.3 Å². The molecular formula is C17H24N2O5. The average molecular weight is 336 g/mol. The lowest BCUT2D eigenvalue weighted by molar-refractivity contribution is -0.0144. The van der Waals surface area contributed by atoms with Crippen molar-refractivity contribution >= 4 is 6.03 Å². The lowest BCUT2D eigenvalue weighted by atomic mass is 10.1. The fraction of sp³-hybridized carbons (Fsp3) is 0.588. The van der Waals surface area contributed by atoms with Gasteiger partial charge in [-0.2, -0.15) is 0 Å². The van der Waals surface area contributed by atoms with Crippen molar-refractivity contribution in [2.75, 3.05) is 39.5 Å². The number of hydrogen-bond acceptors (Lipinski definition) is 5. The normalized spacial score (nSPS) is 24.5. The van der Waals surface area contributed by atoms with Gasteiger partial charge in [-0.25, -0.2) is 4.79 Å². The van der Waals surface area contributed by atoms with Gasteiger partial charge in [0.25, 0.3) is 0 Å². The van der Waals surface area contributed by atoms with Gasteiger partial charge in [0.2, 0.25) is 0 Å². The highest BCUT2D eigenvalue weighted by Gasteiger charge is 2.30. The molecule has 0 bridgehead atoms. The van der Waals surface area contributed by atoms with Crippen LogP contribution in [0.1, 0.15) is 12.0 Å². The van der Waals surface area contributed by atoms with E-state index in [1.165, 1.54) is 0 Å². The first-order chi connectivity index (χ1) is 11.8. The van der Waals surface area contributed by atoms with E-state index in [0.29, 0.717) is 45.3 Å². The monoisotopic (exact) mass is 336 g/mol. The molecule has 1 aromatic carbocycles. The van der Waals surface area contributed by atoms with Crippen LogP contribution in [0.5, 0.6) is 5.75 Å². The number of nitrogens with zero attached hydrogens (tertiary/aromatic N) is 1. The molecule has 7 heteroatoms. The summed E-state index contributed by atoms with van der Waals surface area (Å²) < 4.78 is 16.8. The van der Waals surface area contributed by atoms with Gasteiger partial charge in [0, 0.05) is 19.7 Å². The lowest BCUT2D eigenvalue weighted by Gasteiger charge is -2.35. The summed E-state index contributed by atoms with van der Waals surface area (Å²) in [5, 5.41) is 12.2. The topological polar surface area (TPSA) is 80.3 Å². The van der Waals surface area contributed by atoms with Gasteiger partial charge in [0.05, 0.1) is 32.5 Å². The van der Waals surface area contributed by atoms with Crippen LogP contribution in [0.15, 0.2) is 24.3 Å². The number of benzene rings is 1. The molecule has 7 nitrogen and oxygen atoms in total. The lowest BCUT2D eigenvalue weighted by Crippen LogP contribution is -2.56. The molecule has 2 saturated heterocycles. The quantitative estimate of drug-likeness (QED) is 0.848. The summed E-state index contributed by atoms with van der Waals surface area (Å²) in [5.74, 6) is 0.702. The number of aliphatic hydroxyl groups excluding tert-OH is 1. The van der Waals surface area contributed by atoms with Crippen molar-refractivity contribution in [1.82, 2.24) is 10.2 Å². The number of aliphatic hydroxyl groups is 1. The number of amides is 2. The van der Waals surface area contributed by atoms with Crippen LogP contribution >= 0.6 is 0 Å². The molecule has 132 valence electrons. The summed E-state index contributed by atoms with van der Waals surface area (Å²) in [5.41, 5.74) is 0.833. The highest BCUT2D eigenvalue weighted by atomic mass is 16.5. The molecule has 2 heterocycles. The Hall–Kier alpha value is -1.83. The summed E-state index contributed by atoms with van der Waals surface area (Å²) >= 11 is 0. The number of carbonyl (C=O) groups is 1. The Bertz CT molecular complexity index is 530. The Labute approximate surface area is 141 Å². The van der Waals surface area contributed by atoms with Crippen LogP contribution in [0.4, 0.5) is 4.79 Å². The Balaban J connectivity index is 1.58. The molecule has 2 aliphatic rings. The average Bonchev–Trinajstić information content (AvgIpc) is 2.64.